The second kappa shape index (κ2) is 5.46. The number of amides is 2. The minimum absolute atomic E-state index is 0.0536. The van der Waals surface area contributed by atoms with Gasteiger partial charge in [-0.3, -0.25) is 9.59 Å². The predicted octanol–water partition coefficient (Wildman–Crippen LogP) is 0.308. The summed E-state index contributed by atoms with van der Waals surface area (Å²) in [4.78, 5) is 27.2. The van der Waals surface area contributed by atoms with E-state index in [4.69, 9.17) is 5.73 Å². The number of likely N-dealkylation sites (tertiary alicyclic amines) is 1. The number of hydrogen-bond donors (Lipinski definition) is 2. The molecule has 1 aliphatic heterocycles. The summed E-state index contributed by atoms with van der Waals surface area (Å²) >= 11 is 0. The average Bonchev–Trinajstić information content (AvgIpc) is 2.93. The third kappa shape index (κ3) is 2.27. The maximum Gasteiger partial charge on any atom is 0.275 e. The second-order valence-corrected chi connectivity index (χ2v) is 7.40. The van der Waals surface area contributed by atoms with E-state index in [1.807, 2.05) is 4.90 Å². The normalized spacial score (nSPS) is 31.1. The molecule has 2 heterocycles. The molecule has 1 saturated heterocycles. The molecule has 0 bridgehead atoms. The van der Waals surface area contributed by atoms with Gasteiger partial charge < -0.3 is 16.0 Å². The Morgan fingerprint density at radius 1 is 1.38 bits per heavy atom. The standard InChI is InChI=1S/C16H24N6O2/c1-21-13(17)12(19-20-21)14(23)18-9-11-5-3-7-22(11)15(24)16-6-2-4-10(16)8-16/h10-11H,2-9,17H2,1H3,(H,18,23)/t10-,11-,16-/m1/s1. The summed E-state index contributed by atoms with van der Waals surface area (Å²) in [5, 5.41) is 10.4. The van der Waals surface area contributed by atoms with Gasteiger partial charge in [0, 0.05) is 26.2 Å². The highest BCUT2D eigenvalue weighted by Gasteiger charge is 2.63. The fraction of sp³-hybridized carbons (Fsp3) is 0.750. The van der Waals surface area contributed by atoms with Crippen molar-refractivity contribution in [3.05, 3.63) is 5.69 Å². The molecule has 3 N–H and O–H groups in total. The molecule has 2 aliphatic carbocycles. The summed E-state index contributed by atoms with van der Waals surface area (Å²) < 4.78 is 1.37. The maximum atomic E-state index is 13.0. The zero-order chi connectivity index (χ0) is 16.9. The van der Waals surface area contributed by atoms with Crippen molar-refractivity contribution in [2.45, 2.75) is 44.6 Å². The first-order chi connectivity index (χ1) is 11.5. The Kier molecular flexibility index (Phi) is 3.51. The van der Waals surface area contributed by atoms with Gasteiger partial charge in [0.05, 0.1) is 5.41 Å². The summed E-state index contributed by atoms with van der Waals surface area (Å²) in [6.45, 7) is 1.25. The average molecular weight is 332 g/mol. The number of carbonyl (C=O) groups excluding carboxylic acids is 2. The van der Waals surface area contributed by atoms with Crippen LogP contribution in [0.2, 0.25) is 0 Å². The lowest BCUT2D eigenvalue weighted by molar-refractivity contribution is -0.138. The molecule has 8 heteroatoms. The van der Waals surface area contributed by atoms with E-state index in [2.05, 4.69) is 15.6 Å². The predicted molar refractivity (Wildman–Crippen MR) is 86.9 cm³/mol. The Bertz CT molecular complexity index is 686. The molecule has 24 heavy (non-hydrogen) atoms. The molecule has 0 spiro atoms. The second-order valence-electron chi connectivity index (χ2n) is 7.40. The van der Waals surface area contributed by atoms with Crippen molar-refractivity contribution in [3.63, 3.8) is 0 Å². The van der Waals surface area contributed by atoms with Gasteiger partial charge in [0.15, 0.2) is 11.5 Å². The summed E-state index contributed by atoms with van der Waals surface area (Å²) in [6.07, 6.45) is 6.42. The number of hydrogen-bond acceptors (Lipinski definition) is 5. The molecule has 3 fully saturated rings. The summed E-state index contributed by atoms with van der Waals surface area (Å²) in [5.41, 5.74) is 5.87. The third-order valence-corrected chi connectivity index (χ3v) is 6.05. The van der Waals surface area contributed by atoms with Crippen molar-refractivity contribution >= 4 is 17.6 Å². The molecule has 0 radical (unpaired) electrons. The van der Waals surface area contributed by atoms with Gasteiger partial charge in [0.1, 0.15) is 0 Å². The van der Waals surface area contributed by atoms with Crippen LogP contribution in [0.25, 0.3) is 0 Å². The number of nitrogen functional groups attached to an aromatic ring is 1. The van der Waals surface area contributed by atoms with Gasteiger partial charge in [-0.2, -0.15) is 0 Å². The first-order valence-electron chi connectivity index (χ1n) is 8.77. The van der Waals surface area contributed by atoms with Gasteiger partial charge in [-0.1, -0.05) is 11.6 Å². The number of nitrogens with zero attached hydrogens (tertiary/aromatic N) is 4. The summed E-state index contributed by atoms with van der Waals surface area (Å²) in [7, 11) is 1.64. The van der Waals surface area contributed by atoms with Crippen LogP contribution in [0.5, 0.6) is 0 Å². The van der Waals surface area contributed by atoms with E-state index in [1.165, 1.54) is 17.5 Å². The van der Waals surface area contributed by atoms with Gasteiger partial charge in [-0.25, -0.2) is 4.68 Å². The highest BCUT2D eigenvalue weighted by Crippen LogP contribution is 2.64. The molecule has 3 aliphatic rings. The van der Waals surface area contributed by atoms with Gasteiger partial charge in [0.25, 0.3) is 5.91 Å². The van der Waals surface area contributed by atoms with E-state index in [9.17, 15) is 9.59 Å². The van der Waals surface area contributed by atoms with Crippen molar-refractivity contribution in [2.75, 3.05) is 18.8 Å². The van der Waals surface area contributed by atoms with Crippen LogP contribution in [0.15, 0.2) is 0 Å². The fourth-order valence-corrected chi connectivity index (χ4v) is 4.52. The number of aromatic nitrogens is 3. The smallest absolute Gasteiger partial charge is 0.275 e. The van der Waals surface area contributed by atoms with Crippen LogP contribution in [0, 0.1) is 11.3 Å². The monoisotopic (exact) mass is 332 g/mol. The van der Waals surface area contributed by atoms with E-state index in [1.54, 1.807) is 7.05 Å². The zero-order valence-electron chi connectivity index (χ0n) is 14.0. The topological polar surface area (TPSA) is 106 Å². The van der Waals surface area contributed by atoms with Crippen molar-refractivity contribution in [1.82, 2.24) is 25.2 Å². The minimum atomic E-state index is -0.330. The Morgan fingerprint density at radius 3 is 2.83 bits per heavy atom. The number of anilines is 1. The quantitative estimate of drug-likeness (QED) is 0.825. The van der Waals surface area contributed by atoms with Gasteiger partial charge in [-0.15, -0.1) is 5.10 Å². The highest BCUT2D eigenvalue weighted by atomic mass is 16.2. The molecule has 2 saturated carbocycles. The molecule has 0 unspecified atom stereocenters. The van der Waals surface area contributed by atoms with E-state index >= 15 is 0 Å². The first kappa shape index (κ1) is 15.4. The molecular weight excluding hydrogens is 308 g/mol. The molecule has 8 nitrogen and oxygen atoms in total. The largest absolute Gasteiger partial charge is 0.382 e. The van der Waals surface area contributed by atoms with E-state index in [0.717, 1.165) is 32.2 Å². The number of aryl methyl sites for hydroxylation is 1. The minimum Gasteiger partial charge on any atom is -0.382 e. The summed E-state index contributed by atoms with van der Waals surface area (Å²) in [6, 6.07) is 0.0792. The van der Waals surface area contributed by atoms with Crippen molar-refractivity contribution in [2.24, 2.45) is 18.4 Å². The van der Waals surface area contributed by atoms with Crippen LogP contribution >= 0.6 is 0 Å². The molecule has 2 amide bonds. The number of nitrogens with two attached hydrogens (primary N) is 1. The lowest BCUT2D eigenvalue weighted by Gasteiger charge is -2.28. The molecule has 1 aromatic heterocycles. The third-order valence-electron chi connectivity index (χ3n) is 6.05. The molecule has 4 rings (SSSR count). The van der Waals surface area contributed by atoms with E-state index < -0.39 is 0 Å². The van der Waals surface area contributed by atoms with Crippen LogP contribution in [0.4, 0.5) is 5.82 Å². The molecular formula is C16H24N6O2. The number of fused-ring (bicyclic) bond motifs is 1. The van der Waals surface area contributed by atoms with E-state index in [0.29, 0.717) is 18.4 Å². The Labute approximate surface area is 140 Å². The molecule has 3 atom stereocenters. The van der Waals surface area contributed by atoms with Gasteiger partial charge in [0.2, 0.25) is 5.91 Å². The van der Waals surface area contributed by atoms with Gasteiger partial charge in [-0.05, 0) is 38.0 Å². The number of nitrogens with one attached hydrogen (secondary N) is 1. The van der Waals surface area contributed by atoms with Crippen molar-refractivity contribution < 1.29 is 9.59 Å². The molecule has 130 valence electrons. The SMILES string of the molecule is Cn1nnc(C(=O)NC[C@H]2CCCN2C(=O)[C@@]23CCC[C@@H]2C3)c1N. The van der Waals surface area contributed by atoms with Crippen LogP contribution in [0.1, 0.15) is 49.0 Å². The van der Waals surface area contributed by atoms with Crippen molar-refractivity contribution in [3.8, 4) is 0 Å². The first-order valence-corrected chi connectivity index (χ1v) is 8.77. The fourth-order valence-electron chi connectivity index (χ4n) is 4.52. The number of carbonyl (C=O) groups is 2. The lowest BCUT2D eigenvalue weighted by atomic mass is 10.0. The van der Waals surface area contributed by atoms with Gasteiger partial charge >= 0.3 is 0 Å². The van der Waals surface area contributed by atoms with Crippen LogP contribution in [-0.4, -0.2) is 50.8 Å². The molecule has 0 aromatic carbocycles. The lowest BCUT2D eigenvalue weighted by Crippen LogP contribution is -2.46. The van der Waals surface area contributed by atoms with Crippen molar-refractivity contribution in [1.29, 1.82) is 0 Å². The maximum absolute atomic E-state index is 13.0. The Morgan fingerprint density at radius 2 is 2.21 bits per heavy atom. The zero-order valence-corrected chi connectivity index (χ0v) is 14.0. The summed E-state index contributed by atoms with van der Waals surface area (Å²) in [5.74, 6) is 0.849. The highest BCUT2D eigenvalue weighted by molar-refractivity contribution is 5.96. The molecule has 1 aromatic rings. The van der Waals surface area contributed by atoms with Crippen LogP contribution in [-0.2, 0) is 11.8 Å². The Balaban J connectivity index is 1.38. The van der Waals surface area contributed by atoms with Crippen LogP contribution < -0.4 is 11.1 Å². The number of rotatable bonds is 4. The Hall–Kier alpha value is -2.12. The van der Waals surface area contributed by atoms with E-state index in [-0.39, 0.29) is 28.9 Å². The van der Waals surface area contributed by atoms with Crippen LogP contribution in [0.3, 0.4) is 0 Å².